The maximum absolute atomic E-state index is 11.0. The minimum Gasteiger partial charge on any atom is -0.497 e. The molecule has 6 heteroatoms. The molecule has 1 aromatic heterocycles. The summed E-state index contributed by atoms with van der Waals surface area (Å²) in [6, 6.07) is 16.6. The molecule has 3 rings (SSSR count). The van der Waals surface area contributed by atoms with E-state index in [1.165, 1.54) is 11.8 Å². The Morgan fingerprint density at radius 1 is 1.24 bits per heavy atom. The summed E-state index contributed by atoms with van der Waals surface area (Å²) in [6.07, 6.45) is 0. The summed E-state index contributed by atoms with van der Waals surface area (Å²) in [4.78, 5) is 16.7. The fraction of sp³-hybridized carbons (Fsp3) is 0.158. The molecule has 3 aromatic rings. The Bertz CT molecular complexity index is 900. The number of nitrogens with two attached hydrogens (primary N) is 1. The van der Waals surface area contributed by atoms with Crippen molar-refractivity contribution in [2.75, 3.05) is 12.9 Å². The fourth-order valence-electron chi connectivity index (χ4n) is 2.43. The Hall–Kier alpha value is -2.57. The molecule has 128 valence electrons. The highest BCUT2D eigenvalue weighted by Gasteiger charge is 2.15. The van der Waals surface area contributed by atoms with Crippen LogP contribution < -0.4 is 10.5 Å². The van der Waals surface area contributed by atoms with E-state index in [4.69, 9.17) is 20.6 Å². The average molecular weight is 354 g/mol. The molecule has 0 unspecified atom stereocenters. The van der Waals surface area contributed by atoms with Crippen LogP contribution in [0.1, 0.15) is 0 Å². The Morgan fingerprint density at radius 3 is 2.68 bits per heavy atom. The van der Waals surface area contributed by atoms with Gasteiger partial charge in [-0.3, -0.25) is 4.79 Å². The van der Waals surface area contributed by atoms with E-state index >= 15 is 0 Å². The second kappa shape index (κ2) is 7.55. The van der Waals surface area contributed by atoms with Gasteiger partial charge in [-0.1, -0.05) is 30.3 Å². The quantitative estimate of drug-likeness (QED) is 0.660. The van der Waals surface area contributed by atoms with Gasteiger partial charge in [-0.15, -0.1) is 11.8 Å². The smallest absolute Gasteiger partial charge is 0.321 e. The Kier molecular flexibility index (Phi) is 5.21. The van der Waals surface area contributed by atoms with Gasteiger partial charge >= 0.3 is 5.97 Å². The van der Waals surface area contributed by atoms with Crippen molar-refractivity contribution >= 4 is 28.6 Å². The largest absolute Gasteiger partial charge is 0.497 e. The van der Waals surface area contributed by atoms with E-state index in [0.29, 0.717) is 0 Å². The number of carboxylic acids is 1. The monoisotopic (exact) mass is 354 g/mol. The van der Waals surface area contributed by atoms with E-state index in [2.05, 4.69) is 0 Å². The Labute approximate surface area is 149 Å². The van der Waals surface area contributed by atoms with Crippen LogP contribution in [0.15, 0.2) is 59.5 Å². The summed E-state index contributed by atoms with van der Waals surface area (Å²) in [5, 5.41) is 9.94. The van der Waals surface area contributed by atoms with Crippen LogP contribution >= 0.6 is 11.8 Å². The van der Waals surface area contributed by atoms with Gasteiger partial charge in [0.2, 0.25) is 0 Å². The summed E-state index contributed by atoms with van der Waals surface area (Å²) in [5.41, 5.74) is 8.32. The Balaban J connectivity index is 2.07. The molecule has 0 radical (unpaired) electrons. The highest BCUT2D eigenvalue weighted by atomic mass is 32.2. The molecule has 0 fully saturated rings. The number of aliphatic carboxylic acids is 1. The van der Waals surface area contributed by atoms with Gasteiger partial charge in [0.15, 0.2) is 0 Å². The van der Waals surface area contributed by atoms with E-state index in [9.17, 15) is 4.79 Å². The molecule has 2 aromatic carbocycles. The normalized spacial score (nSPS) is 12.1. The molecule has 1 heterocycles. The van der Waals surface area contributed by atoms with Crippen molar-refractivity contribution in [1.29, 1.82) is 0 Å². The van der Waals surface area contributed by atoms with Crippen LogP contribution in [0, 0.1) is 0 Å². The predicted octanol–water partition coefficient (Wildman–Crippen LogP) is 3.41. The molecule has 0 aliphatic heterocycles. The van der Waals surface area contributed by atoms with Crippen LogP contribution in [-0.4, -0.2) is 35.0 Å². The third kappa shape index (κ3) is 3.92. The number of hydrogen-bond donors (Lipinski definition) is 2. The first-order valence-corrected chi connectivity index (χ1v) is 8.72. The lowest BCUT2D eigenvalue weighted by molar-refractivity contribution is -0.137. The number of ether oxygens (including phenoxy) is 1. The zero-order valence-corrected chi connectivity index (χ0v) is 14.5. The summed E-state index contributed by atoms with van der Waals surface area (Å²) < 4.78 is 5.30. The van der Waals surface area contributed by atoms with E-state index < -0.39 is 12.0 Å². The van der Waals surface area contributed by atoms with Crippen molar-refractivity contribution in [3.63, 3.8) is 0 Å². The van der Waals surface area contributed by atoms with Crippen LogP contribution in [0.25, 0.3) is 22.2 Å². The van der Waals surface area contributed by atoms with Crippen LogP contribution in [-0.2, 0) is 4.79 Å². The van der Waals surface area contributed by atoms with Gasteiger partial charge in [0, 0.05) is 21.6 Å². The highest BCUT2D eigenvalue weighted by Crippen LogP contribution is 2.33. The molecule has 0 saturated carbocycles. The van der Waals surface area contributed by atoms with Gasteiger partial charge in [0.25, 0.3) is 0 Å². The number of methoxy groups -OCH3 is 1. The molecule has 5 nitrogen and oxygen atoms in total. The molecule has 1 atom stereocenters. The third-order valence-corrected chi connectivity index (χ3v) is 4.96. The van der Waals surface area contributed by atoms with Gasteiger partial charge < -0.3 is 15.6 Å². The van der Waals surface area contributed by atoms with Crippen LogP contribution in [0.2, 0.25) is 0 Å². The van der Waals surface area contributed by atoms with Gasteiger partial charge in [-0.2, -0.15) is 0 Å². The molecule has 0 saturated heterocycles. The molecule has 0 bridgehead atoms. The predicted molar refractivity (Wildman–Crippen MR) is 100 cm³/mol. The molecule has 0 aliphatic rings. The summed E-state index contributed by atoms with van der Waals surface area (Å²) >= 11 is 1.41. The summed E-state index contributed by atoms with van der Waals surface area (Å²) in [6.45, 7) is 0. The maximum atomic E-state index is 11.0. The number of carboxylic acid groups (broad SMARTS) is 1. The molecule has 0 amide bonds. The molecular formula is C19H18N2O3S. The van der Waals surface area contributed by atoms with E-state index in [-0.39, 0.29) is 5.75 Å². The molecule has 25 heavy (non-hydrogen) atoms. The molecular weight excluding hydrogens is 336 g/mol. The zero-order chi connectivity index (χ0) is 17.8. The topological polar surface area (TPSA) is 85.4 Å². The molecule has 0 spiro atoms. The van der Waals surface area contributed by atoms with Crippen LogP contribution in [0.3, 0.4) is 0 Å². The second-order valence-corrected chi connectivity index (χ2v) is 6.57. The lowest BCUT2D eigenvalue weighted by Crippen LogP contribution is -2.32. The van der Waals surface area contributed by atoms with Crippen molar-refractivity contribution in [2.24, 2.45) is 5.73 Å². The summed E-state index contributed by atoms with van der Waals surface area (Å²) in [5.74, 6) is -0.00209. The third-order valence-electron chi connectivity index (χ3n) is 3.78. The number of benzene rings is 2. The SMILES string of the molecule is COc1ccc2nc(-c3ccccc3)cc(SC[C@@H](N)C(=O)O)c2c1. The second-order valence-electron chi connectivity index (χ2n) is 5.51. The van der Waals surface area contributed by atoms with E-state index in [0.717, 1.165) is 32.8 Å². The van der Waals surface area contributed by atoms with Gasteiger partial charge in [0.05, 0.1) is 18.3 Å². The fourth-order valence-corrected chi connectivity index (χ4v) is 3.44. The Morgan fingerprint density at radius 2 is 2.00 bits per heavy atom. The number of pyridine rings is 1. The van der Waals surface area contributed by atoms with Crippen molar-refractivity contribution in [3.05, 3.63) is 54.6 Å². The standard InChI is InChI=1S/C19H18N2O3S/c1-24-13-7-8-16-14(9-13)18(25-11-15(20)19(22)23)10-17(21-16)12-5-3-2-4-6-12/h2-10,15H,11,20H2,1H3,(H,22,23)/t15-/m1/s1. The average Bonchev–Trinajstić information content (AvgIpc) is 2.65. The first kappa shape index (κ1) is 17.3. The maximum Gasteiger partial charge on any atom is 0.321 e. The molecule has 0 aliphatic carbocycles. The minimum absolute atomic E-state index is 0.278. The number of fused-ring (bicyclic) bond motifs is 1. The van der Waals surface area contributed by atoms with Crippen LogP contribution in [0.5, 0.6) is 5.75 Å². The lowest BCUT2D eigenvalue weighted by atomic mass is 10.1. The number of rotatable bonds is 6. The van der Waals surface area contributed by atoms with Crippen molar-refractivity contribution < 1.29 is 14.6 Å². The van der Waals surface area contributed by atoms with Crippen molar-refractivity contribution in [3.8, 4) is 17.0 Å². The lowest BCUT2D eigenvalue weighted by Gasteiger charge is -2.12. The number of hydrogen-bond acceptors (Lipinski definition) is 5. The van der Waals surface area contributed by atoms with E-state index in [1.807, 2.05) is 54.6 Å². The first-order chi connectivity index (χ1) is 12.1. The zero-order valence-electron chi connectivity index (χ0n) is 13.7. The number of nitrogens with zero attached hydrogens (tertiary/aromatic N) is 1. The molecule has 3 N–H and O–H groups in total. The van der Waals surface area contributed by atoms with Crippen molar-refractivity contribution in [1.82, 2.24) is 4.98 Å². The highest BCUT2D eigenvalue weighted by molar-refractivity contribution is 7.99. The number of carbonyl (C=O) groups is 1. The number of thioether (sulfide) groups is 1. The first-order valence-electron chi connectivity index (χ1n) is 7.74. The van der Waals surface area contributed by atoms with Crippen molar-refractivity contribution in [2.45, 2.75) is 10.9 Å². The number of aromatic nitrogens is 1. The van der Waals surface area contributed by atoms with Gasteiger partial charge in [-0.05, 0) is 24.3 Å². The van der Waals surface area contributed by atoms with E-state index in [1.54, 1.807) is 7.11 Å². The minimum atomic E-state index is -1.01. The van der Waals surface area contributed by atoms with Gasteiger partial charge in [0.1, 0.15) is 11.8 Å². The van der Waals surface area contributed by atoms with Gasteiger partial charge in [-0.25, -0.2) is 4.98 Å². The van der Waals surface area contributed by atoms with Crippen LogP contribution in [0.4, 0.5) is 0 Å². The summed E-state index contributed by atoms with van der Waals surface area (Å²) in [7, 11) is 1.61.